The Morgan fingerprint density at radius 3 is 2.62 bits per heavy atom. The Hall–Kier alpha value is -1.05. The summed E-state index contributed by atoms with van der Waals surface area (Å²) in [6.07, 6.45) is -6.10. The zero-order valence-corrected chi connectivity index (χ0v) is 12.6. The van der Waals surface area contributed by atoms with Gasteiger partial charge in [0.15, 0.2) is 6.10 Å². The molecule has 21 heavy (non-hydrogen) atoms. The van der Waals surface area contributed by atoms with Crippen LogP contribution >= 0.6 is 23.1 Å². The highest BCUT2D eigenvalue weighted by Gasteiger charge is 2.37. The molecule has 1 heterocycles. The first-order chi connectivity index (χ1) is 9.95. The van der Waals surface area contributed by atoms with E-state index < -0.39 is 12.3 Å². The largest absolute Gasteiger partial charge is 0.415 e. The van der Waals surface area contributed by atoms with Crippen LogP contribution in [-0.4, -0.2) is 28.1 Å². The second-order valence-electron chi connectivity index (χ2n) is 4.47. The van der Waals surface area contributed by atoms with Crippen molar-refractivity contribution < 1.29 is 18.3 Å². The summed E-state index contributed by atoms with van der Waals surface area (Å²) in [6.45, 7) is 0. The topological polar surface area (TPSA) is 33.1 Å². The summed E-state index contributed by atoms with van der Waals surface area (Å²) in [5, 5.41) is 11.7. The van der Waals surface area contributed by atoms with Crippen molar-refractivity contribution in [2.45, 2.75) is 24.5 Å². The van der Waals surface area contributed by atoms with E-state index in [9.17, 15) is 13.2 Å². The Kier molecular flexibility index (Phi) is 5.66. The molecule has 0 saturated carbocycles. The lowest BCUT2D eigenvalue weighted by Gasteiger charge is -2.13. The lowest BCUT2D eigenvalue weighted by atomic mass is 10.2. The van der Waals surface area contributed by atoms with E-state index in [2.05, 4.69) is 4.98 Å². The molecule has 2 aromatic rings. The van der Waals surface area contributed by atoms with E-state index in [4.69, 9.17) is 5.11 Å². The second-order valence-corrected chi connectivity index (χ2v) is 6.44. The van der Waals surface area contributed by atoms with Crippen LogP contribution in [0.15, 0.2) is 35.7 Å². The molecule has 1 aromatic heterocycles. The number of nitrogens with zero attached hydrogens (tertiary/aromatic N) is 1. The zero-order chi connectivity index (χ0) is 15.3. The summed E-state index contributed by atoms with van der Waals surface area (Å²) in [5.74, 6) is 0.00742. The summed E-state index contributed by atoms with van der Waals surface area (Å²) in [7, 11) is 0. The highest BCUT2D eigenvalue weighted by molar-refractivity contribution is 7.98. The predicted molar refractivity (Wildman–Crippen MR) is 79.6 cm³/mol. The van der Waals surface area contributed by atoms with Gasteiger partial charge in [0, 0.05) is 23.3 Å². The van der Waals surface area contributed by atoms with E-state index in [-0.39, 0.29) is 5.75 Å². The number of thioether (sulfide) groups is 1. The first kappa shape index (κ1) is 16.3. The van der Waals surface area contributed by atoms with Gasteiger partial charge in [-0.1, -0.05) is 30.3 Å². The van der Waals surface area contributed by atoms with Gasteiger partial charge in [-0.2, -0.15) is 24.9 Å². The molecule has 0 aliphatic heterocycles. The molecule has 1 N–H and O–H groups in total. The molecule has 0 bridgehead atoms. The molecule has 114 valence electrons. The van der Waals surface area contributed by atoms with Crippen molar-refractivity contribution in [1.29, 1.82) is 0 Å². The van der Waals surface area contributed by atoms with Crippen LogP contribution in [-0.2, 0) is 12.2 Å². The van der Waals surface area contributed by atoms with Crippen molar-refractivity contribution in [3.05, 3.63) is 52.0 Å². The SMILES string of the molecule is OC(CSCc1csc(Cc2ccccc2)n1)C(F)(F)F. The molecule has 1 unspecified atom stereocenters. The molecule has 0 saturated heterocycles. The monoisotopic (exact) mass is 333 g/mol. The van der Waals surface area contributed by atoms with Gasteiger partial charge in [0.25, 0.3) is 0 Å². The van der Waals surface area contributed by atoms with Crippen LogP contribution in [0, 0.1) is 0 Å². The highest BCUT2D eigenvalue weighted by atomic mass is 32.2. The van der Waals surface area contributed by atoms with Crippen molar-refractivity contribution >= 4 is 23.1 Å². The smallest absolute Gasteiger partial charge is 0.383 e. The molecular weight excluding hydrogens is 319 g/mol. The maximum atomic E-state index is 12.1. The van der Waals surface area contributed by atoms with E-state index in [0.717, 1.165) is 34.4 Å². The molecule has 1 aromatic carbocycles. The van der Waals surface area contributed by atoms with Crippen LogP contribution in [0.2, 0.25) is 0 Å². The summed E-state index contributed by atoms with van der Waals surface area (Å²) in [4.78, 5) is 4.40. The molecule has 0 radical (unpaired) electrons. The normalized spacial score (nSPS) is 13.3. The Bertz CT molecular complexity index is 557. The quantitative estimate of drug-likeness (QED) is 0.871. The van der Waals surface area contributed by atoms with Crippen LogP contribution in [0.1, 0.15) is 16.3 Å². The zero-order valence-electron chi connectivity index (χ0n) is 11.0. The maximum absolute atomic E-state index is 12.1. The van der Waals surface area contributed by atoms with Gasteiger partial charge in [0.1, 0.15) is 0 Å². The van der Waals surface area contributed by atoms with Gasteiger partial charge in [0.2, 0.25) is 0 Å². The maximum Gasteiger partial charge on any atom is 0.415 e. The minimum atomic E-state index is -4.55. The number of hydrogen-bond acceptors (Lipinski definition) is 4. The Morgan fingerprint density at radius 2 is 1.95 bits per heavy atom. The Balaban J connectivity index is 1.81. The lowest BCUT2D eigenvalue weighted by Crippen LogP contribution is -2.30. The van der Waals surface area contributed by atoms with E-state index in [0.29, 0.717) is 5.75 Å². The van der Waals surface area contributed by atoms with Gasteiger partial charge in [-0.3, -0.25) is 0 Å². The predicted octanol–water partition coefficient (Wildman–Crippen LogP) is 3.89. The van der Waals surface area contributed by atoms with Crippen molar-refractivity contribution in [3.8, 4) is 0 Å². The molecule has 0 fully saturated rings. The molecule has 1 atom stereocenters. The van der Waals surface area contributed by atoms with Gasteiger partial charge in [-0.15, -0.1) is 11.3 Å². The highest BCUT2D eigenvalue weighted by Crippen LogP contribution is 2.25. The van der Waals surface area contributed by atoms with Crippen LogP contribution < -0.4 is 0 Å². The van der Waals surface area contributed by atoms with Crippen LogP contribution in [0.3, 0.4) is 0 Å². The fraction of sp³-hybridized carbons (Fsp3) is 0.357. The molecule has 2 nitrogen and oxygen atoms in total. The third-order valence-electron chi connectivity index (χ3n) is 2.70. The molecule has 7 heteroatoms. The molecule has 0 spiro atoms. The number of hydrogen-bond donors (Lipinski definition) is 1. The van der Waals surface area contributed by atoms with Crippen molar-refractivity contribution in [3.63, 3.8) is 0 Å². The minimum Gasteiger partial charge on any atom is -0.383 e. The van der Waals surface area contributed by atoms with Crippen LogP contribution in [0.25, 0.3) is 0 Å². The number of aromatic nitrogens is 1. The number of rotatable bonds is 6. The third kappa shape index (κ3) is 5.33. The number of halogens is 3. The molecule has 0 aliphatic carbocycles. The molecule has 2 rings (SSSR count). The summed E-state index contributed by atoms with van der Waals surface area (Å²) in [6, 6.07) is 9.88. The lowest BCUT2D eigenvalue weighted by molar-refractivity contribution is -0.195. The number of benzene rings is 1. The van der Waals surface area contributed by atoms with E-state index in [1.807, 2.05) is 35.7 Å². The first-order valence-electron chi connectivity index (χ1n) is 6.25. The molecule has 0 amide bonds. The molecule has 0 aliphatic rings. The fourth-order valence-electron chi connectivity index (χ4n) is 1.64. The van der Waals surface area contributed by atoms with E-state index in [1.54, 1.807) is 0 Å². The van der Waals surface area contributed by atoms with Crippen LogP contribution in [0.4, 0.5) is 13.2 Å². The van der Waals surface area contributed by atoms with Gasteiger partial charge < -0.3 is 5.11 Å². The number of thiazole rings is 1. The standard InChI is InChI=1S/C14H14F3NOS2/c15-14(16,17)12(19)9-20-7-11-8-21-13(18-11)6-10-4-2-1-3-5-10/h1-5,8,12,19H,6-7,9H2. The third-order valence-corrected chi connectivity index (χ3v) is 4.65. The fourth-order valence-corrected chi connectivity index (χ4v) is 3.46. The van der Waals surface area contributed by atoms with E-state index in [1.165, 1.54) is 11.3 Å². The van der Waals surface area contributed by atoms with Crippen molar-refractivity contribution in [1.82, 2.24) is 4.98 Å². The Labute approximate surface area is 129 Å². The molecular formula is C14H14F3NOS2. The van der Waals surface area contributed by atoms with Gasteiger partial charge in [-0.05, 0) is 5.56 Å². The van der Waals surface area contributed by atoms with Crippen LogP contribution in [0.5, 0.6) is 0 Å². The van der Waals surface area contributed by atoms with Gasteiger partial charge in [-0.25, -0.2) is 4.98 Å². The Morgan fingerprint density at radius 1 is 1.24 bits per heavy atom. The van der Waals surface area contributed by atoms with Crippen molar-refractivity contribution in [2.24, 2.45) is 0 Å². The number of alkyl halides is 3. The average Bonchev–Trinajstić information content (AvgIpc) is 2.86. The first-order valence-corrected chi connectivity index (χ1v) is 8.28. The minimum absolute atomic E-state index is 0.366. The summed E-state index contributed by atoms with van der Waals surface area (Å²) < 4.78 is 36.4. The summed E-state index contributed by atoms with van der Waals surface area (Å²) in [5.41, 5.74) is 1.91. The van der Waals surface area contributed by atoms with Gasteiger partial charge >= 0.3 is 6.18 Å². The summed E-state index contributed by atoms with van der Waals surface area (Å²) >= 11 is 2.53. The average molecular weight is 333 g/mol. The van der Waals surface area contributed by atoms with E-state index >= 15 is 0 Å². The van der Waals surface area contributed by atoms with Crippen molar-refractivity contribution in [2.75, 3.05) is 5.75 Å². The van der Waals surface area contributed by atoms with Gasteiger partial charge in [0.05, 0.1) is 10.7 Å². The number of aliphatic hydroxyl groups is 1. The number of aliphatic hydroxyl groups excluding tert-OH is 1. The second kappa shape index (κ2) is 7.29.